The smallest absolute Gasteiger partial charge is 0.313 e. The number of carbonyl (C=O) groups is 2. The number of anilines is 1. The average Bonchev–Trinajstić information content (AvgIpc) is 2.60. The second-order valence-electron chi connectivity index (χ2n) is 5.61. The van der Waals surface area contributed by atoms with E-state index in [-0.39, 0.29) is 12.6 Å². The number of nitrogens with one attached hydrogen (secondary N) is 2. The Morgan fingerprint density at radius 3 is 2.28 bits per heavy atom. The van der Waals surface area contributed by atoms with E-state index in [1.54, 1.807) is 24.3 Å². The molecule has 6 nitrogen and oxygen atoms in total. The summed E-state index contributed by atoms with van der Waals surface area (Å²) in [4.78, 5) is 24.1. The van der Waals surface area contributed by atoms with Crippen molar-refractivity contribution in [2.75, 3.05) is 12.4 Å². The molecule has 0 heterocycles. The number of methoxy groups -OCH3 is 1. The highest BCUT2D eigenvalue weighted by molar-refractivity contribution is 6.39. The van der Waals surface area contributed by atoms with Crippen molar-refractivity contribution in [2.45, 2.75) is 26.5 Å². The first-order valence-electron chi connectivity index (χ1n) is 7.98. The molecule has 0 saturated heterocycles. The van der Waals surface area contributed by atoms with Crippen LogP contribution in [0.1, 0.15) is 19.4 Å². The summed E-state index contributed by atoms with van der Waals surface area (Å²) in [5.41, 5.74) is 1.24. The zero-order valence-electron chi connectivity index (χ0n) is 14.5. The molecule has 2 aromatic rings. The van der Waals surface area contributed by atoms with Gasteiger partial charge >= 0.3 is 11.8 Å². The third-order valence-electron chi connectivity index (χ3n) is 3.34. The number of carbonyl (C=O) groups excluding carboxylic acids is 2. The Labute approximate surface area is 147 Å². The monoisotopic (exact) mass is 342 g/mol. The fraction of sp³-hybridized carbons (Fsp3) is 0.263. The highest BCUT2D eigenvalue weighted by Crippen LogP contribution is 2.23. The normalized spacial score (nSPS) is 10.2. The Balaban J connectivity index is 1.97. The molecule has 2 aromatic carbocycles. The lowest BCUT2D eigenvalue weighted by Crippen LogP contribution is -2.35. The maximum atomic E-state index is 12.1. The van der Waals surface area contributed by atoms with Crippen LogP contribution in [0.3, 0.4) is 0 Å². The Bertz CT molecular complexity index is 744. The molecule has 2 amide bonds. The Kier molecular flexibility index (Phi) is 6.39. The van der Waals surface area contributed by atoms with Crippen LogP contribution in [0.5, 0.6) is 11.5 Å². The third kappa shape index (κ3) is 5.24. The summed E-state index contributed by atoms with van der Waals surface area (Å²) in [5.74, 6) is -0.320. The lowest BCUT2D eigenvalue weighted by Gasteiger charge is -2.14. The molecule has 0 aliphatic carbocycles. The molecule has 0 radical (unpaired) electrons. The predicted octanol–water partition coefficient (Wildman–Crippen LogP) is 2.74. The fourth-order valence-corrected chi connectivity index (χ4v) is 2.20. The van der Waals surface area contributed by atoms with Crippen LogP contribution in [0, 0.1) is 0 Å². The van der Waals surface area contributed by atoms with Crippen molar-refractivity contribution in [1.82, 2.24) is 5.32 Å². The van der Waals surface area contributed by atoms with E-state index < -0.39 is 11.8 Å². The molecule has 0 unspecified atom stereocenters. The average molecular weight is 342 g/mol. The Morgan fingerprint density at radius 2 is 1.60 bits per heavy atom. The SMILES string of the molecule is COc1ccccc1NC(=O)C(=O)NCc1ccccc1OC(C)C. The van der Waals surface area contributed by atoms with Crippen molar-refractivity contribution in [2.24, 2.45) is 0 Å². The molecule has 0 aliphatic rings. The molecule has 0 aromatic heterocycles. The summed E-state index contributed by atoms with van der Waals surface area (Å²) in [5, 5.41) is 5.14. The van der Waals surface area contributed by atoms with Gasteiger partial charge in [0.15, 0.2) is 0 Å². The van der Waals surface area contributed by atoms with Crippen LogP contribution in [0.2, 0.25) is 0 Å². The maximum Gasteiger partial charge on any atom is 0.313 e. The van der Waals surface area contributed by atoms with Crippen LogP contribution in [0.25, 0.3) is 0 Å². The zero-order chi connectivity index (χ0) is 18.2. The molecule has 2 rings (SSSR count). The van der Waals surface area contributed by atoms with Gasteiger partial charge in [-0.15, -0.1) is 0 Å². The minimum absolute atomic E-state index is 0.0192. The molecule has 0 spiro atoms. The molecule has 0 saturated carbocycles. The molecule has 0 atom stereocenters. The fourth-order valence-electron chi connectivity index (χ4n) is 2.20. The zero-order valence-corrected chi connectivity index (χ0v) is 14.5. The lowest BCUT2D eigenvalue weighted by molar-refractivity contribution is -0.136. The van der Waals surface area contributed by atoms with Gasteiger partial charge in [-0.2, -0.15) is 0 Å². The van der Waals surface area contributed by atoms with Crippen LogP contribution in [-0.2, 0) is 16.1 Å². The summed E-state index contributed by atoms with van der Waals surface area (Å²) < 4.78 is 10.8. The molecule has 25 heavy (non-hydrogen) atoms. The minimum atomic E-state index is -0.758. The molecule has 132 valence electrons. The van der Waals surface area contributed by atoms with Gasteiger partial charge in [0.1, 0.15) is 11.5 Å². The van der Waals surface area contributed by atoms with Gasteiger partial charge in [0.25, 0.3) is 0 Å². The quantitative estimate of drug-likeness (QED) is 0.792. The lowest BCUT2D eigenvalue weighted by atomic mass is 10.2. The van der Waals surface area contributed by atoms with E-state index in [9.17, 15) is 9.59 Å². The summed E-state index contributed by atoms with van der Waals surface area (Å²) >= 11 is 0. The number of amides is 2. The van der Waals surface area contributed by atoms with Crippen LogP contribution in [-0.4, -0.2) is 25.0 Å². The van der Waals surface area contributed by atoms with Crippen LogP contribution in [0.15, 0.2) is 48.5 Å². The van der Waals surface area contributed by atoms with Crippen LogP contribution < -0.4 is 20.1 Å². The van der Waals surface area contributed by atoms with E-state index in [0.717, 1.165) is 5.56 Å². The first kappa shape index (κ1) is 18.3. The number of rotatable bonds is 6. The van der Waals surface area contributed by atoms with Crippen LogP contribution in [0.4, 0.5) is 5.69 Å². The van der Waals surface area contributed by atoms with E-state index in [1.165, 1.54) is 7.11 Å². The van der Waals surface area contributed by atoms with Crippen molar-refractivity contribution in [3.05, 3.63) is 54.1 Å². The van der Waals surface area contributed by atoms with E-state index in [1.807, 2.05) is 38.1 Å². The second kappa shape index (κ2) is 8.73. The van der Waals surface area contributed by atoms with Gasteiger partial charge in [-0.25, -0.2) is 0 Å². The number of ether oxygens (including phenoxy) is 2. The molecule has 0 aliphatic heterocycles. The first-order valence-corrected chi connectivity index (χ1v) is 7.98. The van der Waals surface area contributed by atoms with Gasteiger partial charge in [0, 0.05) is 12.1 Å². The van der Waals surface area contributed by atoms with Crippen molar-refractivity contribution >= 4 is 17.5 Å². The van der Waals surface area contributed by atoms with Gasteiger partial charge < -0.3 is 20.1 Å². The molecular formula is C19H22N2O4. The molecular weight excluding hydrogens is 320 g/mol. The van der Waals surface area contributed by atoms with Crippen molar-refractivity contribution in [3.8, 4) is 11.5 Å². The molecule has 0 fully saturated rings. The van der Waals surface area contributed by atoms with Gasteiger partial charge in [-0.3, -0.25) is 9.59 Å². The van der Waals surface area contributed by atoms with Gasteiger partial charge in [0.05, 0.1) is 18.9 Å². The molecule has 0 bridgehead atoms. The molecule has 6 heteroatoms. The summed E-state index contributed by atoms with van der Waals surface area (Å²) in [6, 6.07) is 14.3. The number of para-hydroxylation sites is 3. The van der Waals surface area contributed by atoms with E-state index in [2.05, 4.69) is 10.6 Å². The van der Waals surface area contributed by atoms with Crippen molar-refractivity contribution in [3.63, 3.8) is 0 Å². The largest absolute Gasteiger partial charge is 0.495 e. The number of hydrogen-bond donors (Lipinski definition) is 2. The topological polar surface area (TPSA) is 76.7 Å². The number of benzene rings is 2. The van der Waals surface area contributed by atoms with Gasteiger partial charge in [0.2, 0.25) is 0 Å². The first-order chi connectivity index (χ1) is 12.0. The standard InChI is InChI=1S/C19H22N2O4/c1-13(2)25-16-10-6-4-8-14(16)12-20-18(22)19(23)21-15-9-5-7-11-17(15)24-3/h4-11,13H,12H2,1-3H3,(H,20,22)(H,21,23). The van der Waals surface area contributed by atoms with E-state index in [0.29, 0.717) is 17.2 Å². The van der Waals surface area contributed by atoms with E-state index in [4.69, 9.17) is 9.47 Å². The second-order valence-corrected chi connectivity index (χ2v) is 5.61. The maximum absolute atomic E-state index is 12.1. The summed E-state index contributed by atoms with van der Waals surface area (Å²) in [6.07, 6.45) is 0.0192. The molecule has 2 N–H and O–H groups in total. The summed E-state index contributed by atoms with van der Waals surface area (Å²) in [6.45, 7) is 4.05. The van der Waals surface area contributed by atoms with Gasteiger partial charge in [-0.05, 0) is 32.0 Å². The van der Waals surface area contributed by atoms with Crippen molar-refractivity contribution in [1.29, 1.82) is 0 Å². The summed E-state index contributed by atoms with van der Waals surface area (Å²) in [7, 11) is 1.50. The number of hydrogen-bond acceptors (Lipinski definition) is 4. The highest BCUT2D eigenvalue weighted by Gasteiger charge is 2.16. The van der Waals surface area contributed by atoms with E-state index >= 15 is 0 Å². The minimum Gasteiger partial charge on any atom is -0.495 e. The van der Waals surface area contributed by atoms with Crippen LogP contribution >= 0.6 is 0 Å². The highest BCUT2D eigenvalue weighted by atomic mass is 16.5. The third-order valence-corrected chi connectivity index (χ3v) is 3.34. The van der Waals surface area contributed by atoms with Crippen molar-refractivity contribution < 1.29 is 19.1 Å². The predicted molar refractivity (Wildman–Crippen MR) is 95.7 cm³/mol. The Hall–Kier alpha value is -3.02. The Morgan fingerprint density at radius 1 is 0.960 bits per heavy atom. The van der Waals surface area contributed by atoms with Gasteiger partial charge in [-0.1, -0.05) is 30.3 Å².